The Bertz CT molecular complexity index is 458. The third kappa shape index (κ3) is 2.48. The molecule has 1 saturated heterocycles. The van der Waals surface area contributed by atoms with Crippen LogP contribution in [0.3, 0.4) is 0 Å². The fourth-order valence-corrected chi connectivity index (χ4v) is 1.54. The molecule has 2 rings (SSSR count). The monoisotopic (exact) mass is 249 g/mol. The van der Waals surface area contributed by atoms with Crippen LogP contribution < -0.4 is 5.32 Å². The van der Waals surface area contributed by atoms with E-state index in [9.17, 15) is 22.4 Å². The van der Waals surface area contributed by atoms with Crippen molar-refractivity contribution in [3.63, 3.8) is 0 Å². The largest absolute Gasteiger partial charge is 0.447 e. The standard InChI is InChI=1S/C10H7F4NO2/c11-7-2-5(8-4-17-9(16)15-8)1-6(3-7)10(12,13)14/h1-3,8H,4H2,(H,15,16)/t8-/m1/s1. The highest BCUT2D eigenvalue weighted by Crippen LogP contribution is 2.32. The summed E-state index contributed by atoms with van der Waals surface area (Å²) < 4.78 is 54.9. The summed E-state index contributed by atoms with van der Waals surface area (Å²) in [4.78, 5) is 10.7. The van der Waals surface area contributed by atoms with Crippen molar-refractivity contribution in [2.45, 2.75) is 12.2 Å². The van der Waals surface area contributed by atoms with Gasteiger partial charge >= 0.3 is 12.3 Å². The van der Waals surface area contributed by atoms with Crippen molar-refractivity contribution in [3.05, 3.63) is 35.1 Å². The minimum absolute atomic E-state index is 0.0307. The Hall–Kier alpha value is -1.79. The predicted molar refractivity (Wildman–Crippen MR) is 48.6 cm³/mol. The van der Waals surface area contributed by atoms with E-state index in [-0.39, 0.29) is 12.2 Å². The highest BCUT2D eigenvalue weighted by atomic mass is 19.4. The van der Waals surface area contributed by atoms with E-state index < -0.39 is 29.7 Å². The molecule has 1 heterocycles. The molecule has 0 saturated carbocycles. The van der Waals surface area contributed by atoms with E-state index in [4.69, 9.17) is 0 Å². The number of cyclic esters (lactones) is 1. The Morgan fingerprint density at radius 2 is 2.00 bits per heavy atom. The molecular formula is C10H7F4NO2. The molecule has 0 bridgehead atoms. The van der Waals surface area contributed by atoms with Gasteiger partial charge < -0.3 is 10.1 Å². The number of benzene rings is 1. The van der Waals surface area contributed by atoms with E-state index >= 15 is 0 Å². The first-order valence-electron chi connectivity index (χ1n) is 4.67. The number of halogens is 4. The molecule has 1 aliphatic rings. The lowest BCUT2D eigenvalue weighted by Crippen LogP contribution is -2.19. The second-order valence-corrected chi connectivity index (χ2v) is 3.57. The van der Waals surface area contributed by atoms with Gasteiger partial charge in [-0.2, -0.15) is 13.2 Å². The third-order valence-electron chi connectivity index (χ3n) is 2.32. The number of nitrogens with one attached hydrogen (secondary N) is 1. The summed E-state index contributed by atoms with van der Waals surface area (Å²) in [6, 6.07) is 1.39. The summed E-state index contributed by atoms with van der Waals surface area (Å²) >= 11 is 0. The van der Waals surface area contributed by atoms with Crippen molar-refractivity contribution in [1.29, 1.82) is 0 Å². The number of alkyl carbamates (subject to hydrolysis) is 1. The van der Waals surface area contributed by atoms with Gasteiger partial charge in [0.15, 0.2) is 0 Å². The first-order chi connectivity index (χ1) is 7.86. The minimum Gasteiger partial charge on any atom is -0.447 e. The Morgan fingerprint density at radius 1 is 1.29 bits per heavy atom. The first-order valence-corrected chi connectivity index (χ1v) is 4.67. The van der Waals surface area contributed by atoms with Gasteiger partial charge in [-0.15, -0.1) is 0 Å². The topological polar surface area (TPSA) is 38.3 Å². The van der Waals surface area contributed by atoms with E-state index in [0.29, 0.717) is 6.07 Å². The van der Waals surface area contributed by atoms with Gasteiger partial charge in [-0.05, 0) is 23.8 Å². The first kappa shape index (κ1) is 11.7. The SMILES string of the molecule is O=C1N[C@@H](c2cc(F)cc(C(F)(F)F)c2)CO1. The van der Waals surface area contributed by atoms with E-state index in [1.807, 2.05) is 0 Å². The van der Waals surface area contributed by atoms with Crippen molar-refractivity contribution in [1.82, 2.24) is 5.32 Å². The molecule has 1 fully saturated rings. The molecule has 1 aliphatic heterocycles. The third-order valence-corrected chi connectivity index (χ3v) is 2.32. The van der Waals surface area contributed by atoms with Crippen molar-refractivity contribution < 1.29 is 27.1 Å². The lowest BCUT2D eigenvalue weighted by atomic mass is 10.0. The van der Waals surface area contributed by atoms with Crippen LogP contribution in [0.25, 0.3) is 0 Å². The Kier molecular flexibility index (Phi) is 2.68. The summed E-state index contributed by atoms with van der Waals surface area (Å²) in [5, 5.41) is 2.28. The van der Waals surface area contributed by atoms with Crippen LogP contribution in [0.5, 0.6) is 0 Å². The van der Waals surface area contributed by atoms with Gasteiger partial charge in [-0.25, -0.2) is 9.18 Å². The fourth-order valence-electron chi connectivity index (χ4n) is 1.54. The zero-order valence-corrected chi connectivity index (χ0v) is 8.34. The van der Waals surface area contributed by atoms with Crippen LogP contribution in [0.15, 0.2) is 18.2 Å². The Labute approximate surface area is 93.4 Å². The van der Waals surface area contributed by atoms with Crippen LogP contribution in [-0.2, 0) is 10.9 Å². The predicted octanol–water partition coefficient (Wildman–Crippen LogP) is 2.63. The average Bonchev–Trinajstić information content (AvgIpc) is 2.62. The van der Waals surface area contributed by atoms with Crippen LogP contribution >= 0.6 is 0 Å². The number of carbonyl (C=O) groups excluding carboxylic acids is 1. The number of carbonyl (C=O) groups is 1. The van der Waals surface area contributed by atoms with Crippen LogP contribution in [0, 0.1) is 5.82 Å². The van der Waals surface area contributed by atoms with Gasteiger partial charge in [0.05, 0.1) is 11.6 Å². The Balaban J connectivity index is 2.35. The van der Waals surface area contributed by atoms with E-state index in [2.05, 4.69) is 10.1 Å². The molecule has 1 aromatic rings. The smallest absolute Gasteiger partial charge is 0.416 e. The molecule has 1 amide bonds. The van der Waals surface area contributed by atoms with Crippen LogP contribution in [0.2, 0.25) is 0 Å². The normalized spacial score (nSPS) is 20.0. The van der Waals surface area contributed by atoms with Crippen LogP contribution in [-0.4, -0.2) is 12.7 Å². The summed E-state index contributed by atoms with van der Waals surface area (Å²) in [5.74, 6) is -1.00. The lowest BCUT2D eigenvalue weighted by Gasteiger charge is -2.12. The Morgan fingerprint density at radius 3 is 2.53 bits per heavy atom. The zero-order valence-electron chi connectivity index (χ0n) is 8.34. The molecule has 17 heavy (non-hydrogen) atoms. The van der Waals surface area contributed by atoms with Crippen molar-refractivity contribution in [2.75, 3.05) is 6.61 Å². The molecular weight excluding hydrogens is 242 g/mol. The van der Waals surface area contributed by atoms with Crippen molar-refractivity contribution in [3.8, 4) is 0 Å². The molecule has 1 atom stereocenters. The fraction of sp³-hybridized carbons (Fsp3) is 0.300. The summed E-state index contributed by atoms with van der Waals surface area (Å²) in [5.41, 5.74) is -1.06. The number of hydrogen-bond donors (Lipinski definition) is 1. The number of hydrogen-bond acceptors (Lipinski definition) is 2. The maximum absolute atomic E-state index is 13.1. The van der Waals surface area contributed by atoms with Crippen molar-refractivity contribution in [2.24, 2.45) is 0 Å². The number of amides is 1. The second-order valence-electron chi connectivity index (χ2n) is 3.57. The zero-order chi connectivity index (χ0) is 12.6. The molecule has 0 aliphatic carbocycles. The molecule has 0 aromatic heterocycles. The minimum atomic E-state index is -4.62. The highest BCUT2D eigenvalue weighted by molar-refractivity contribution is 5.70. The van der Waals surface area contributed by atoms with Crippen LogP contribution in [0.4, 0.5) is 22.4 Å². The summed E-state index contributed by atoms with van der Waals surface area (Å²) in [7, 11) is 0. The molecule has 3 nitrogen and oxygen atoms in total. The average molecular weight is 249 g/mol. The van der Waals surface area contributed by atoms with E-state index in [1.54, 1.807) is 0 Å². The quantitative estimate of drug-likeness (QED) is 0.777. The van der Waals surface area contributed by atoms with E-state index in [1.165, 1.54) is 0 Å². The maximum atomic E-state index is 13.1. The van der Waals surface area contributed by atoms with Gasteiger partial charge in [0.1, 0.15) is 12.4 Å². The molecule has 0 unspecified atom stereocenters. The van der Waals surface area contributed by atoms with Gasteiger partial charge in [0.25, 0.3) is 0 Å². The van der Waals surface area contributed by atoms with Crippen LogP contribution in [0.1, 0.15) is 17.2 Å². The highest BCUT2D eigenvalue weighted by Gasteiger charge is 2.33. The number of ether oxygens (including phenoxy) is 1. The van der Waals surface area contributed by atoms with E-state index in [0.717, 1.165) is 12.1 Å². The van der Waals surface area contributed by atoms with Gasteiger partial charge in [0, 0.05) is 0 Å². The van der Waals surface area contributed by atoms with Gasteiger partial charge in [-0.3, -0.25) is 0 Å². The molecule has 92 valence electrons. The summed E-state index contributed by atoms with van der Waals surface area (Å²) in [6.45, 7) is -0.112. The lowest BCUT2D eigenvalue weighted by molar-refractivity contribution is -0.137. The van der Waals surface area contributed by atoms with Crippen molar-refractivity contribution >= 4 is 6.09 Å². The second kappa shape index (κ2) is 3.90. The molecule has 0 spiro atoms. The maximum Gasteiger partial charge on any atom is 0.416 e. The van der Waals surface area contributed by atoms with Gasteiger partial charge in [-0.1, -0.05) is 0 Å². The number of rotatable bonds is 1. The molecule has 0 radical (unpaired) electrons. The molecule has 7 heteroatoms. The molecule has 1 N–H and O–H groups in total. The summed E-state index contributed by atoms with van der Waals surface area (Å²) in [6.07, 6.45) is -5.35. The van der Waals surface area contributed by atoms with Gasteiger partial charge in [0.2, 0.25) is 0 Å². The number of alkyl halides is 3. The molecule has 1 aromatic carbocycles.